The van der Waals surface area contributed by atoms with E-state index in [1.54, 1.807) is 0 Å². The van der Waals surface area contributed by atoms with E-state index in [1.807, 2.05) is 6.07 Å². The SMILES string of the molecule is CC1(C)CCC(C)(C)c2cc(COc3ccc4c(c3)[C@]3(CC4)CC3C(=O)O)ccc21. The van der Waals surface area contributed by atoms with Crippen molar-refractivity contribution in [1.82, 2.24) is 0 Å². The summed E-state index contributed by atoms with van der Waals surface area (Å²) >= 11 is 0. The Labute approximate surface area is 179 Å². The minimum atomic E-state index is -0.659. The number of aliphatic carboxylic acids is 1. The van der Waals surface area contributed by atoms with E-state index in [0.29, 0.717) is 6.61 Å². The molecule has 3 heteroatoms. The standard InChI is InChI=1S/C27H32O3/c1-25(2)11-12-26(3,4)22-13-17(5-8-20(22)25)16-30-19-7-6-18-9-10-27(21(18)14-19)15-23(27)24(28)29/h5-8,13-14,23H,9-12,15-16H2,1-4H3,(H,28,29)/t23?,27-/m0/s1. The molecule has 3 nitrogen and oxygen atoms in total. The third kappa shape index (κ3) is 2.97. The molecule has 1 fully saturated rings. The van der Waals surface area contributed by atoms with E-state index in [4.69, 9.17) is 4.74 Å². The number of fused-ring (bicyclic) bond motifs is 3. The molecule has 2 atom stereocenters. The van der Waals surface area contributed by atoms with Gasteiger partial charge in [0, 0.05) is 5.41 Å². The Morgan fingerprint density at radius 1 is 0.967 bits per heavy atom. The molecule has 0 radical (unpaired) electrons. The van der Waals surface area contributed by atoms with E-state index in [-0.39, 0.29) is 22.2 Å². The minimum absolute atomic E-state index is 0.137. The third-order valence-corrected chi connectivity index (χ3v) is 8.15. The predicted octanol–water partition coefficient (Wildman–Crippen LogP) is 5.90. The Morgan fingerprint density at radius 3 is 2.40 bits per heavy atom. The average Bonchev–Trinajstić information content (AvgIpc) is 3.34. The fourth-order valence-electron chi connectivity index (χ4n) is 5.91. The Balaban J connectivity index is 1.37. The maximum absolute atomic E-state index is 11.5. The molecule has 0 aromatic heterocycles. The quantitative estimate of drug-likeness (QED) is 0.690. The van der Waals surface area contributed by atoms with Gasteiger partial charge in [-0.1, -0.05) is 52.0 Å². The zero-order valence-electron chi connectivity index (χ0n) is 18.5. The van der Waals surface area contributed by atoms with E-state index >= 15 is 0 Å². The highest BCUT2D eigenvalue weighted by Crippen LogP contribution is 2.62. The molecule has 1 saturated carbocycles. The highest BCUT2D eigenvalue weighted by Gasteiger charge is 2.61. The van der Waals surface area contributed by atoms with E-state index in [0.717, 1.165) is 25.0 Å². The van der Waals surface area contributed by atoms with Crippen LogP contribution in [0.5, 0.6) is 5.75 Å². The first-order chi connectivity index (χ1) is 14.1. The van der Waals surface area contributed by atoms with Crippen LogP contribution in [-0.2, 0) is 34.1 Å². The number of benzene rings is 2. The maximum Gasteiger partial charge on any atom is 0.307 e. The van der Waals surface area contributed by atoms with Crippen molar-refractivity contribution in [3.05, 3.63) is 64.2 Å². The van der Waals surface area contributed by atoms with Crippen molar-refractivity contribution in [2.75, 3.05) is 0 Å². The number of ether oxygens (including phenoxy) is 1. The van der Waals surface area contributed by atoms with Crippen LogP contribution in [0.25, 0.3) is 0 Å². The van der Waals surface area contributed by atoms with Crippen molar-refractivity contribution in [3.8, 4) is 5.75 Å². The van der Waals surface area contributed by atoms with Gasteiger partial charge in [0.05, 0.1) is 5.92 Å². The maximum atomic E-state index is 11.5. The van der Waals surface area contributed by atoms with Gasteiger partial charge < -0.3 is 9.84 Å². The van der Waals surface area contributed by atoms with Crippen LogP contribution >= 0.6 is 0 Å². The van der Waals surface area contributed by atoms with Crippen LogP contribution in [0.2, 0.25) is 0 Å². The monoisotopic (exact) mass is 404 g/mol. The van der Waals surface area contributed by atoms with Crippen molar-refractivity contribution in [2.45, 2.75) is 82.7 Å². The van der Waals surface area contributed by atoms with Crippen LogP contribution in [0.1, 0.15) is 81.2 Å². The molecule has 5 rings (SSSR count). The van der Waals surface area contributed by atoms with Gasteiger partial charge >= 0.3 is 5.97 Å². The highest BCUT2D eigenvalue weighted by molar-refractivity contribution is 5.78. The second kappa shape index (κ2) is 6.35. The Kier molecular flexibility index (Phi) is 4.16. The van der Waals surface area contributed by atoms with Gasteiger partial charge in [-0.05, 0) is 82.9 Å². The van der Waals surface area contributed by atoms with E-state index < -0.39 is 5.97 Å². The van der Waals surface area contributed by atoms with Crippen molar-refractivity contribution < 1.29 is 14.6 Å². The fraction of sp³-hybridized carbons (Fsp3) is 0.519. The molecule has 2 aromatic carbocycles. The largest absolute Gasteiger partial charge is 0.489 e. The molecule has 0 amide bonds. The van der Waals surface area contributed by atoms with Crippen molar-refractivity contribution in [1.29, 1.82) is 0 Å². The molecule has 1 N–H and O–H groups in total. The van der Waals surface area contributed by atoms with E-state index in [2.05, 4.69) is 58.0 Å². The molecule has 3 aliphatic carbocycles. The highest BCUT2D eigenvalue weighted by atomic mass is 16.5. The lowest BCUT2D eigenvalue weighted by atomic mass is 9.63. The first-order valence-corrected chi connectivity index (χ1v) is 11.3. The molecule has 3 aliphatic rings. The minimum Gasteiger partial charge on any atom is -0.489 e. The molecule has 158 valence electrons. The van der Waals surface area contributed by atoms with E-state index in [9.17, 15) is 9.90 Å². The summed E-state index contributed by atoms with van der Waals surface area (Å²) in [6.45, 7) is 9.93. The van der Waals surface area contributed by atoms with Crippen LogP contribution < -0.4 is 4.74 Å². The first kappa shape index (κ1) is 19.7. The molecule has 1 unspecified atom stereocenters. The van der Waals surface area contributed by atoms with Gasteiger partial charge in [-0.3, -0.25) is 4.79 Å². The molecule has 30 heavy (non-hydrogen) atoms. The molecule has 2 aromatic rings. The molecule has 0 heterocycles. The summed E-state index contributed by atoms with van der Waals surface area (Å²) in [5, 5.41) is 9.47. The summed E-state index contributed by atoms with van der Waals surface area (Å²) < 4.78 is 6.20. The van der Waals surface area contributed by atoms with Gasteiger partial charge in [0.2, 0.25) is 0 Å². The number of hydrogen-bond acceptors (Lipinski definition) is 2. The zero-order chi connectivity index (χ0) is 21.3. The number of carboxylic acids is 1. The van der Waals surface area contributed by atoms with Gasteiger partial charge in [-0.25, -0.2) is 0 Å². The number of carbonyl (C=O) groups is 1. The normalized spacial score (nSPS) is 27.4. The van der Waals surface area contributed by atoms with Crippen LogP contribution in [0.3, 0.4) is 0 Å². The van der Waals surface area contributed by atoms with Gasteiger partial charge in [-0.15, -0.1) is 0 Å². The average molecular weight is 405 g/mol. The van der Waals surface area contributed by atoms with Crippen LogP contribution in [0, 0.1) is 5.92 Å². The van der Waals surface area contributed by atoms with Gasteiger partial charge in [-0.2, -0.15) is 0 Å². The summed E-state index contributed by atoms with van der Waals surface area (Å²) in [5.41, 5.74) is 6.91. The van der Waals surface area contributed by atoms with Crippen LogP contribution in [0.15, 0.2) is 36.4 Å². The van der Waals surface area contributed by atoms with Gasteiger partial charge in [0.1, 0.15) is 12.4 Å². The number of rotatable bonds is 4. The summed E-state index contributed by atoms with van der Waals surface area (Å²) in [4.78, 5) is 11.5. The Hall–Kier alpha value is -2.29. The van der Waals surface area contributed by atoms with Crippen molar-refractivity contribution >= 4 is 5.97 Å². The summed E-state index contributed by atoms with van der Waals surface area (Å²) in [6, 6.07) is 13.1. The lowest BCUT2D eigenvalue weighted by Gasteiger charge is -2.42. The third-order valence-electron chi connectivity index (χ3n) is 8.15. The van der Waals surface area contributed by atoms with Gasteiger partial charge in [0.15, 0.2) is 0 Å². The Bertz CT molecular complexity index is 1030. The number of hydrogen-bond donors (Lipinski definition) is 1. The lowest BCUT2D eigenvalue weighted by Crippen LogP contribution is -2.33. The zero-order valence-corrected chi connectivity index (χ0v) is 18.5. The fourth-order valence-corrected chi connectivity index (χ4v) is 5.91. The van der Waals surface area contributed by atoms with Crippen LogP contribution in [0.4, 0.5) is 0 Å². The second-order valence-electron chi connectivity index (χ2n) is 11.0. The van der Waals surface area contributed by atoms with Crippen molar-refractivity contribution in [2.24, 2.45) is 5.92 Å². The second-order valence-corrected chi connectivity index (χ2v) is 11.0. The summed E-state index contributed by atoms with van der Waals surface area (Å²) in [5.74, 6) is -0.0302. The molecule has 1 spiro atoms. The molecule has 0 bridgehead atoms. The smallest absolute Gasteiger partial charge is 0.307 e. The number of aryl methyl sites for hydroxylation is 1. The van der Waals surface area contributed by atoms with Gasteiger partial charge in [0.25, 0.3) is 0 Å². The predicted molar refractivity (Wildman–Crippen MR) is 118 cm³/mol. The topological polar surface area (TPSA) is 46.5 Å². The first-order valence-electron chi connectivity index (χ1n) is 11.3. The van der Waals surface area contributed by atoms with Crippen LogP contribution in [-0.4, -0.2) is 11.1 Å². The Morgan fingerprint density at radius 2 is 1.70 bits per heavy atom. The molecular weight excluding hydrogens is 372 g/mol. The van der Waals surface area contributed by atoms with Crippen molar-refractivity contribution in [3.63, 3.8) is 0 Å². The molecular formula is C27H32O3. The van der Waals surface area contributed by atoms with E-state index in [1.165, 1.54) is 40.7 Å². The molecule has 0 saturated heterocycles. The summed E-state index contributed by atoms with van der Waals surface area (Å²) in [6.07, 6.45) is 5.13. The molecule has 0 aliphatic heterocycles. The summed E-state index contributed by atoms with van der Waals surface area (Å²) in [7, 11) is 0. The lowest BCUT2D eigenvalue weighted by molar-refractivity contribution is -0.139. The number of carboxylic acid groups (broad SMARTS) is 1.